The van der Waals surface area contributed by atoms with Crippen molar-refractivity contribution in [1.82, 2.24) is 10.2 Å². The summed E-state index contributed by atoms with van der Waals surface area (Å²) in [6.07, 6.45) is -4.46. The second-order valence-electron chi connectivity index (χ2n) is 6.68. The fourth-order valence-corrected chi connectivity index (χ4v) is 2.90. The Kier molecular flexibility index (Phi) is 5.96. The molecule has 0 aliphatic carbocycles. The van der Waals surface area contributed by atoms with E-state index in [1.54, 1.807) is 38.4 Å². The minimum Gasteiger partial charge on any atom is -0.451 e. The Morgan fingerprint density at radius 1 is 1.03 bits per heavy atom. The highest BCUT2D eigenvalue weighted by Crippen LogP contribution is 2.32. The third-order valence-corrected chi connectivity index (χ3v) is 4.50. The summed E-state index contributed by atoms with van der Waals surface area (Å²) in [7, 11) is 3.13. The number of rotatable bonds is 5. The number of carbonyl (C=O) groups excluding carboxylic acids is 2. The zero-order chi connectivity index (χ0) is 21.9. The van der Waals surface area contributed by atoms with Gasteiger partial charge in [-0.3, -0.25) is 9.59 Å². The molecule has 0 radical (unpaired) electrons. The molecule has 3 rings (SSSR count). The Bertz CT molecular complexity index is 1060. The molecule has 1 heterocycles. The minimum atomic E-state index is -4.46. The van der Waals surface area contributed by atoms with Crippen LogP contribution in [-0.2, 0) is 12.7 Å². The lowest BCUT2D eigenvalue weighted by atomic mass is 10.1. The van der Waals surface area contributed by atoms with Crippen molar-refractivity contribution < 1.29 is 27.2 Å². The predicted octanol–water partition coefficient (Wildman–Crippen LogP) is 4.60. The molecular weight excluding hydrogens is 397 g/mol. The maximum absolute atomic E-state index is 12.9. The first-order valence-corrected chi connectivity index (χ1v) is 9.03. The van der Waals surface area contributed by atoms with E-state index in [-0.39, 0.29) is 29.5 Å². The van der Waals surface area contributed by atoms with Gasteiger partial charge in [-0.15, -0.1) is 0 Å². The lowest BCUT2D eigenvalue weighted by Crippen LogP contribution is -2.25. The molecule has 0 saturated heterocycles. The van der Waals surface area contributed by atoms with Crippen LogP contribution in [0, 0.1) is 0 Å². The molecule has 2 amide bonds. The fourth-order valence-electron chi connectivity index (χ4n) is 2.90. The van der Waals surface area contributed by atoms with E-state index in [1.807, 2.05) is 0 Å². The van der Waals surface area contributed by atoms with E-state index in [4.69, 9.17) is 4.42 Å². The van der Waals surface area contributed by atoms with Crippen LogP contribution in [0.5, 0.6) is 0 Å². The number of nitrogens with one attached hydrogen (secondary N) is 1. The number of nitrogens with zero attached hydrogens (tertiary/aromatic N) is 1. The first-order valence-electron chi connectivity index (χ1n) is 9.03. The van der Waals surface area contributed by atoms with E-state index in [2.05, 4.69) is 5.32 Å². The van der Waals surface area contributed by atoms with Crippen molar-refractivity contribution in [3.63, 3.8) is 0 Å². The first kappa shape index (κ1) is 21.2. The molecule has 156 valence electrons. The van der Waals surface area contributed by atoms with Crippen LogP contribution in [0.1, 0.15) is 32.0 Å². The summed E-state index contributed by atoms with van der Waals surface area (Å²) < 4.78 is 44.2. The average Bonchev–Trinajstić information content (AvgIpc) is 3.23. The lowest BCUT2D eigenvalue weighted by Gasteiger charge is -2.16. The van der Waals surface area contributed by atoms with E-state index < -0.39 is 17.6 Å². The molecule has 2 aromatic carbocycles. The Morgan fingerprint density at radius 3 is 2.37 bits per heavy atom. The summed E-state index contributed by atoms with van der Waals surface area (Å²) in [5, 5.41) is 2.53. The average molecular weight is 416 g/mol. The number of carbonyl (C=O) groups is 2. The van der Waals surface area contributed by atoms with E-state index in [0.29, 0.717) is 5.56 Å². The molecule has 0 aliphatic rings. The zero-order valence-electron chi connectivity index (χ0n) is 16.3. The van der Waals surface area contributed by atoms with Gasteiger partial charge in [-0.25, -0.2) is 0 Å². The third-order valence-electron chi connectivity index (χ3n) is 4.50. The summed E-state index contributed by atoms with van der Waals surface area (Å²) in [5.41, 5.74) is 0.757. The molecule has 0 bridgehead atoms. The molecule has 30 heavy (non-hydrogen) atoms. The lowest BCUT2D eigenvalue weighted by molar-refractivity contribution is -0.137. The van der Waals surface area contributed by atoms with Crippen LogP contribution in [0.15, 0.2) is 65.1 Å². The highest BCUT2D eigenvalue weighted by Gasteiger charge is 2.30. The third kappa shape index (κ3) is 4.71. The van der Waals surface area contributed by atoms with Gasteiger partial charge in [0, 0.05) is 31.8 Å². The van der Waals surface area contributed by atoms with Crippen LogP contribution >= 0.6 is 0 Å². The Morgan fingerprint density at radius 2 is 1.73 bits per heavy atom. The van der Waals surface area contributed by atoms with E-state index >= 15 is 0 Å². The monoisotopic (exact) mass is 416 g/mol. The van der Waals surface area contributed by atoms with Gasteiger partial charge in [0.15, 0.2) is 5.76 Å². The quantitative estimate of drug-likeness (QED) is 0.661. The van der Waals surface area contributed by atoms with Crippen LogP contribution in [-0.4, -0.2) is 30.8 Å². The Balaban J connectivity index is 1.72. The van der Waals surface area contributed by atoms with Gasteiger partial charge in [0.05, 0.1) is 5.56 Å². The van der Waals surface area contributed by atoms with Gasteiger partial charge in [0.25, 0.3) is 11.8 Å². The van der Waals surface area contributed by atoms with Gasteiger partial charge in [-0.05, 0) is 42.0 Å². The van der Waals surface area contributed by atoms with Crippen molar-refractivity contribution >= 4 is 11.8 Å². The van der Waals surface area contributed by atoms with Gasteiger partial charge < -0.3 is 14.6 Å². The minimum absolute atomic E-state index is 0.0203. The van der Waals surface area contributed by atoms with Crippen molar-refractivity contribution in [2.75, 3.05) is 14.1 Å². The number of furan rings is 1. The molecule has 0 atom stereocenters. The number of hydrogen-bond donors (Lipinski definition) is 1. The summed E-state index contributed by atoms with van der Waals surface area (Å²) >= 11 is 0. The standard InChI is InChI=1S/C22H19F3N2O3/c1-26-20(28)15-8-6-14(7-9-15)13-27(2)21(29)19-11-10-18(30-19)16-4-3-5-17(12-16)22(23,24)25/h3-12H,13H2,1-2H3,(H,26,28). The second-order valence-corrected chi connectivity index (χ2v) is 6.68. The number of amides is 2. The molecule has 0 aliphatic heterocycles. The van der Waals surface area contributed by atoms with E-state index in [0.717, 1.165) is 17.7 Å². The van der Waals surface area contributed by atoms with Crippen molar-refractivity contribution in [3.05, 3.63) is 83.1 Å². The van der Waals surface area contributed by atoms with Gasteiger partial charge in [0.2, 0.25) is 0 Å². The van der Waals surface area contributed by atoms with E-state index in [1.165, 1.54) is 29.2 Å². The molecule has 0 fully saturated rings. The van der Waals surface area contributed by atoms with E-state index in [9.17, 15) is 22.8 Å². The molecule has 0 saturated carbocycles. The highest BCUT2D eigenvalue weighted by atomic mass is 19.4. The summed E-state index contributed by atoms with van der Waals surface area (Å²) in [6, 6.07) is 14.4. The van der Waals surface area contributed by atoms with Crippen LogP contribution < -0.4 is 5.32 Å². The van der Waals surface area contributed by atoms with Crippen LogP contribution in [0.4, 0.5) is 13.2 Å². The first-order chi connectivity index (χ1) is 14.2. The number of halogens is 3. The zero-order valence-corrected chi connectivity index (χ0v) is 16.3. The van der Waals surface area contributed by atoms with Crippen molar-refractivity contribution in [3.8, 4) is 11.3 Å². The molecule has 1 N–H and O–H groups in total. The van der Waals surface area contributed by atoms with Gasteiger partial charge >= 0.3 is 6.18 Å². The highest BCUT2D eigenvalue weighted by molar-refractivity contribution is 5.94. The van der Waals surface area contributed by atoms with Crippen LogP contribution in [0.25, 0.3) is 11.3 Å². The summed E-state index contributed by atoms with van der Waals surface area (Å²) in [6.45, 7) is 0.270. The van der Waals surface area contributed by atoms with Crippen molar-refractivity contribution in [2.45, 2.75) is 12.7 Å². The largest absolute Gasteiger partial charge is 0.451 e. The van der Waals surface area contributed by atoms with Gasteiger partial charge in [-0.2, -0.15) is 13.2 Å². The fraction of sp³-hybridized carbons (Fsp3) is 0.182. The summed E-state index contributed by atoms with van der Waals surface area (Å²) in [4.78, 5) is 25.6. The van der Waals surface area contributed by atoms with Gasteiger partial charge in [-0.1, -0.05) is 24.3 Å². The second kappa shape index (κ2) is 8.44. The van der Waals surface area contributed by atoms with Crippen molar-refractivity contribution in [1.29, 1.82) is 0 Å². The molecule has 0 unspecified atom stereocenters. The molecule has 8 heteroatoms. The topological polar surface area (TPSA) is 62.6 Å². The number of benzene rings is 2. The van der Waals surface area contributed by atoms with Crippen LogP contribution in [0.3, 0.4) is 0 Å². The maximum Gasteiger partial charge on any atom is 0.416 e. The normalized spacial score (nSPS) is 11.2. The number of hydrogen-bond acceptors (Lipinski definition) is 3. The maximum atomic E-state index is 12.9. The van der Waals surface area contributed by atoms with Crippen molar-refractivity contribution in [2.24, 2.45) is 0 Å². The smallest absolute Gasteiger partial charge is 0.416 e. The molecule has 1 aromatic heterocycles. The Hall–Kier alpha value is -3.55. The summed E-state index contributed by atoms with van der Waals surface area (Å²) in [5.74, 6) is -0.424. The molecule has 0 spiro atoms. The number of alkyl halides is 3. The molecule has 5 nitrogen and oxygen atoms in total. The SMILES string of the molecule is CNC(=O)c1ccc(CN(C)C(=O)c2ccc(-c3cccc(C(F)(F)F)c3)o2)cc1. The van der Waals surface area contributed by atoms with Gasteiger partial charge in [0.1, 0.15) is 5.76 Å². The molecular formula is C22H19F3N2O3. The Labute approximate surface area is 171 Å². The van der Waals surface area contributed by atoms with Crippen LogP contribution in [0.2, 0.25) is 0 Å². The predicted molar refractivity (Wildman–Crippen MR) is 105 cm³/mol. The molecule has 3 aromatic rings.